The Bertz CT molecular complexity index is 1380. The molecule has 0 unspecified atom stereocenters. The number of para-hydroxylation sites is 1. The van der Waals surface area contributed by atoms with Crippen molar-refractivity contribution in [3.63, 3.8) is 0 Å². The standard InChI is InChI=1S/C28H18Cl3N/c29-24-17-21(18-25(30)28(24)31)32(27-16-8-12-20-11-4-5-13-23(20)27)26-15-7-6-14-22(26)19-9-2-1-3-10-19/h1-18H. The summed E-state index contributed by atoms with van der Waals surface area (Å²) in [4.78, 5) is 2.19. The van der Waals surface area contributed by atoms with Gasteiger partial charge >= 0.3 is 0 Å². The van der Waals surface area contributed by atoms with E-state index in [1.54, 1.807) is 0 Å². The predicted octanol–water partition coefficient (Wildman–Crippen LogP) is 9.94. The Labute approximate surface area is 202 Å². The maximum absolute atomic E-state index is 6.47. The van der Waals surface area contributed by atoms with Crippen molar-refractivity contribution in [2.75, 3.05) is 4.90 Å². The summed E-state index contributed by atoms with van der Waals surface area (Å²) in [5, 5.41) is 3.46. The molecule has 0 amide bonds. The van der Waals surface area contributed by atoms with Crippen molar-refractivity contribution in [2.24, 2.45) is 0 Å². The summed E-state index contributed by atoms with van der Waals surface area (Å²) in [5.74, 6) is 0. The second-order valence-electron chi connectivity index (χ2n) is 7.44. The highest BCUT2D eigenvalue weighted by Crippen LogP contribution is 2.45. The predicted molar refractivity (Wildman–Crippen MR) is 139 cm³/mol. The molecule has 0 aliphatic heterocycles. The van der Waals surface area contributed by atoms with E-state index in [1.807, 2.05) is 42.5 Å². The molecule has 4 heteroatoms. The lowest BCUT2D eigenvalue weighted by atomic mass is 10.0. The van der Waals surface area contributed by atoms with Gasteiger partial charge < -0.3 is 4.90 Å². The van der Waals surface area contributed by atoms with Crippen LogP contribution >= 0.6 is 34.8 Å². The van der Waals surface area contributed by atoms with Crippen molar-refractivity contribution in [3.8, 4) is 11.1 Å². The molecule has 5 rings (SSSR count). The Morgan fingerprint density at radius 3 is 1.91 bits per heavy atom. The molecule has 156 valence electrons. The van der Waals surface area contributed by atoms with Gasteiger partial charge in [-0.15, -0.1) is 0 Å². The fourth-order valence-electron chi connectivity index (χ4n) is 4.01. The van der Waals surface area contributed by atoms with Crippen molar-refractivity contribution in [2.45, 2.75) is 0 Å². The van der Waals surface area contributed by atoms with Crippen LogP contribution in [0.5, 0.6) is 0 Å². The van der Waals surface area contributed by atoms with Gasteiger partial charge in [0.25, 0.3) is 0 Å². The van der Waals surface area contributed by atoms with Crippen LogP contribution in [0.1, 0.15) is 0 Å². The smallest absolute Gasteiger partial charge is 0.0780 e. The van der Waals surface area contributed by atoms with E-state index in [2.05, 4.69) is 71.6 Å². The number of benzene rings is 5. The van der Waals surface area contributed by atoms with Crippen LogP contribution < -0.4 is 4.90 Å². The van der Waals surface area contributed by atoms with Gasteiger partial charge in [-0.1, -0.05) is 120 Å². The third-order valence-electron chi connectivity index (χ3n) is 5.46. The zero-order chi connectivity index (χ0) is 22.1. The molecular weight excluding hydrogens is 457 g/mol. The lowest BCUT2D eigenvalue weighted by molar-refractivity contribution is 1.30. The Hall–Kier alpha value is -2.97. The highest BCUT2D eigenvalue weighted by Gasteiger charge is 2.20. The first kappa shape index (κ1) is 20.9. The number of hydrogen-bond acceptors (Lipinski definition) is 1. The fourth-order valence-corrected chi connectivity index (χ4v) is 4.60. The van der Waals surface area contributed by atoms with Crippen molar-refractivity contribution in [1.82, 2.24) is 0 Å². The minimum Gasteiger partial charge on any atom is -0.309 e. The number of hydrogen-bond donors (Lipinski definition) is 0. The Balaban J connectivity index is 1.84. The average Bonchev–Trinajstić information content (AvgIpc) is 2.84. The third-order valence-corrected chi connectivity index (χ3v) is 6.66. The highest BCUT2D eigenvalue weighted by atomic mass is 35.5. The van der Waals surface area contributed by atoms with Crippen LogP contribution in [0.15, 0.2) is 109 Å². The highest BCUT2D eigenvalue weighted by molar-refractivity contribution is 6.48. The summed E-state index contributed by atoms with van der Waals surface area (Å²) < 4.78 is 0. The molecule has 0 heterocycles. The largest absolute Gasteiger partial charge is 0.309 e. The minimum atomic E-state index is 0.353. The monoisotopic (exact) mass is 473 g/mol. The zero-order valence-electron chi connectivity index (χ0n) is 17.0. The van der Waals surface area contributed by atoms with Crippen molar-refractivity contribution < 1.29 is 0 Å². The molecule has 0 N–H and O–H groups in total. The zero-order valence-corrected chi connectivity index (χ0v) is 19.2. The van der Waals surface area contributed by atoms with E-state index in [1.165, 1.54) is 0 Å². The summed E-state index contributed by atoms with van der Waals surface area (Å²) in [5.41, 5.74) is 5.11. The summed E-state index contributed by atoms with van der Waals surface area (Å²) in [7, 11) is 0. The van der Waals surface area contributed by atoms with Crippen molar-refractivity contribution in [3.05, 3.63) is 124 Å². The van der Waals surface area contributed by atoms with Crippen molar-refractivity contribution in [1.29, 1.82) is 0 Å². The van der Waals surface area contributed by atoms with Crippen LogP contribution in [-0.4, -0.2) is 0 Å². The molecule has 0 bridgehead atoms. The number of nitrogens with zero attached hydrogens (tertiary/aromatic N) is 1. The van der Waals surface area contributed by atoms with E-state index in [9.17, 15) is 0 Å². The second-order valence-corrected chi connectivity index (χ2v) is 8.63. The van der Waals surface area contributed by atoms with E-state index in [0.717, 1.165) is 39.0 Å². The first-order valence-electron chi connectivity index (χ1n) is 10.2. The number of anilines is 3. The number of fused-ring (bicyclic) bond motifs is 1. The number of halogens is 3. The summed E-state index contributed by atoms with van der Waals surface area (Å²) in [6.45, 7) is 0. The van der Waals surface area contributed by atoms with E-state index in [0.29, 0.717) is 15.1 Å². The molecule has 0 atom stereocenters. The van der Waals surface area contributed by atoms with E-state index in [-0.39, 0.29) is 0 Å². The van der Waals surface area contributed by atoms with E-state index in [4.69, 9.17) is 34.8 Å². The van der Waals surface area contributed by atoms with Crippen LogP contribution in [0.2, 0.25) is 15.1 Å². The van der Waals surface area contributed by atoms with Gasteiger partial charge in [0.2, 0.25) is 0 Å². The molecule has 5 aromatic rings. The third kappa shape index (κ3) is 3.84. The Kier molecular flexibility index (Phi) is 5.80. The summed E-state index contributed by atoms with van der Waals surface area (Å²) >= 11 is 19.2. The molecule has 5 aromatic carbocycles. The maximum atomic E-state index is 6.47. The molecule has 0 radical (unpaired) electrons. The van der Waals surface area contributed by atoms with E-state index < -0.39 is 0 Å². The quantitative estimate of drug-likeness (QED) is 0.234. The average molecular weight is 475 g/mol. The second kappa shape index (κ2) is 8.88. The van der Waals surface area contributed by atoms with Gasteiger partial charge in [-0.25, -0.2) is 0 Å². The summed E-state index contributed by atoms with van der Waals surface area (Å²) in [6.07, 6.45) is 0. The molecule has 0 spiro atoms. The lowest BCUT2D eigenvalue weighted by Gasteiger charge is -2.29. The molecule has 0 aliphatic rings. The SMILES string of the molecule is Clc1cc(N(c2ccccc2-c2ccccc2)c2cccc3ccccc23)cc(Cl)c1Cl. The van der Waals surface area contributed by atoms with E-state index >= 15 is 0 Å². The van der Waals surface area contributed by atoms with Gasteiger partial charge in [-0.05, 0) is 35.2 Å². The van der Waals surface area contributed by atoms with Gasteiger partial charge in [0, 0.05) is 16.6 Å². The fraction of sp³-hybridized carbons (Fsp3) is 0. The normalized spacial score (nSPS) is 11.0. The first-order chi connectivity index (χ1) is 15.6. The van der Waals surface area contributed by atoms with Crippen LogP contribution in [0.4, 0.5) is 17.1 Å². The number of rotatable bonds is 4. The first-order valence-corrected chi connectivity index (χ1v) is 11.3. The Morgan fingerprint density at radius 1 is 0.531 bits per heavy atom. The Morgan fingerprint density at radius 2 is 1.12 bits per heavy atom. The molecule has 1 nitrogen and oxygen atoms in total. The summed E-state index contributed by atoms with van der Waals surface area (Å²) in [6, 6.07) is 37.0. The van der Waals surface area contributed by atoms with Gasteiger partial charge in [-0.3, -0.25) is 0 Å². The molecule has 0 fully saturated rings. The van der Waals surface area contributed by atoms with Crippen molar-refractivity contribution >= 4 is 62.6 Å². The molecule has 0 aliphatic carbocycles. The molecule has 0 saturated heterocycles. The topological polar surface area (TPSA) is 3.24 Å². The molecular formula is C28H18Cl3N. The van der Waals surface area contributed by atoms with Crippen LogP contribution in [0, 0.1) is 0 Å². The molecule has 0 aromatic heterocycles. The van der Waals surface area contributed by atoms with Gasteiger partial charge in [0.1, 0.15) is 0 Å². The van der Waals surface area contributed by atoms with Gasteiger partial charge in [-0.2, -0.15) is 0 Å². The maximum Gasteiger partial charge on any atom is 0.0780 e. The molecule has 0 saturated carbocycles. The van der Waals surface area contributed by atoms with Crippen LogP contribution in [0.25, 0.3) is 21.9 Å². The van der Waals surface area contributed by atoms with Crippen LogP contribution in [-0.2, 0) is 0 Å². The van der Waals surface area contributed by atoms with Crippen LogP contribution in [0.3, 0.4) is 0 Å². The van der Waals surface area contributed by atoms with Gasteiger partial charge in [0.15, 0.2) is 0 Å². The van der Waals surface area contributed by atoms with Gasteiger partial charge in [0.05, 0.1) is 26.4 Å². The lowest BCUT2D eigenvalue weighted by Crippen LogP contribution is -2.12. The molecule has 32 heavy (non-hydrogen) atoms. The minimum absolute atomic E-state index is 0.353.